The number of aryl methyl sites for hydroxylation is 3. The number of carbonyl (C=O) groups excluding carboxylic acids is 1. The number of pyridine rings is 1. The Kier molecular flexibility index (Phi) is 5.90. The van der Waals surface area contributed by atoms with E-state index in [0.29, 0.717) is 44.0 Å². The molecule has 1 atom stereocenters. The first kappa shape index (κ1) is 22.6. The highest BCUT2D eigenvalue weighted by atomic mass is 19.4. The van der Waals surface area contributed by atoms with Gasteiger partial charge in [-0.3, -0.25) is 14.5 Å². The number of furan rings is 1. The zero-order chi connectivity index (χ0) is 23.9. The Bertz CT molecular complexity index is 1210. The maximum atomic E-state index is 14.2. The molecule has 1 aliphatic carbocycles. The van der Waals surface area contributed by atoms with Crippen LogP contribution in [0.2, 0.25) is 0 Å². The van der Waals surface area contributed by atoms with Crippen molar-refractivity contribution < 1.29 is 31.9 Å². The Morgan fingerprint density at radius 1 is 1.26 bits per heavy atom. The number of carbonyl (C=O) groups is 1. The summed E-state index contributed by atoms with van der Waals surface area (Å²) in [5.41, 5.74) is 0.880. The van der Waals surface area contributed by atoms with Crippen LogP contribution < -0.4 is 5.32 Å². The summed E-state index contributed by atoms with van der Waals surface area (Å²) < 4.78 is 60.7. The van der Waals surface area contributed by atoms with Crippen LogP contribution in [0.1, 0.15) is 38.8 Å². The van der Waals surface area contributed by atoms with E-state index in [0.717, 1.165) is 5.69 Å². The Balaban J connectivity index is 1.45. The zero-order valence-corrected chi connectivity index (χ0v) is 18.4. The fourth-order valence-corrected chi connectivity index (χ4v) is 4.33. The first-order chi connectivity index (χ1) is 16.3. The van der Waals surface area contributed by atoms with E-state index in [-0.39, 0.29) is 36.1 Å². The minimum absolute atomic E-state index is 0.0213. The van der Waals surface area contributed by atoms with Gasteiger partial charge in [-0.05, 0) is 31.0 Å². The van der Waals surface area contributed by atoms with E-state index in [1.807, 2.05) is 0 Å². The SMILES string of the molecule is Cc1cccc(CNC(=O)c2oc3c(c2C(F)(F)F)-c2nn(C[C@H]4COCCO4)cc2CC3)n1. The summed E-state index contributed by atoms with van der Waals surface area (Å²) >= 11 is 0. The van der Waals surface area contributed by atoms with Gasteiger partial charge in [-0.2, -0.15) is 18.3 Å². The molecule has 11 heteroatoms. The largest absolute Gasteiger partial charge is 0.455 e. The highest BCUT2D eigenvalue weighted by Gasteiger charge is 2.45. The van der Waals surface area contributed by atoms with Crippen LogP contribution in [-0.4, -0.2) is 46.6 Å². The summed E-state index contributed by atoms with van der Waals surface area (Å²) in [5, 5.41) is 6.91. The number of fused-ring (bicyclic) bond motifs is 3. The molecule has 1 saturated heterocycles. The molecular formula is C23H23F3N4O4. The van der Waals surface area contributed by atoms with E-state index in [9.17, 15) is 18.0 Å². The van der Waals surface area contributed by atoms with Crippen molar-refractivity contribution in [2.75, 3.05) is 19.8 Å². The lowest BCUT2D eigenvalue weighted by Crippen LogP contribution is -2.32. The van der Waals surface area contributed by atoms with Crippen molar-refractivity contribution in [3.05, 3.63) is 58.4 Å². The summed E-state index contributed by atoms with van der Waals surface area (Å²) in [5.74, 6) is -1.59. The van der Waals surface area contributed by atoms with Crippen molar-refractivity contribution in [2.24, 2.45) is 0 Å². The van der Waals surface area contributed by atoms with Crippen LogP contribution in [0.25, 0.3) is 11.3 Å². The number of hydrogen-bond donors (Lipinski definition) is 1. The molecule has 0 unspecified atom stereocenters. The molecule has 1 N–H and O–H groups in total. The molecule has 1 amide bonds. The van der Waals surface area contributed by atoms with Crippen LogP contribution >= 0.6 is 0 Å². The van der Waals surface area contributed by atoms with Crippen LogP contribution in [0.4, 0.5) is 13.2 Å². The molecule has 0 bridgehead atoms. The van der Waals surface area contributed by atoms with Crippen LogP contribution in [0.5, 0.6) is 0 Å². The second-order valence-corrected chi connectivity index (χ2v) is 8.35. The Morgan fingerprint density at radius 3 is 2.85 bits per heavy atom. The van der Waals surface area contributed by atoms with Gasteiger partial charge in [-0.1, -0.05) is 6.07 Å². The summed E-state index contributed by atoms with van der Waals surface area (Å²) in [6.07, 6.45) is -2.59. The molecule has 0 aromatic carbocycles. The molecule has 1 aliphatic heterocycles. The number of halogens is 3. The number of nitrogens with zero attached hydrogens (tertiary/aromatic N) is 3. The van der Waals surface area contributed by atoms with Gasteiger partial charge in [0.1, 0.15) is 17.4 Å². The number of alkyl halides is 3. The lowest BCUT2D eigenvalue weighted by atomic mass is 9.93. The van der Waals surface area contributed by atoms with Gasteiger partial charge in [0.15, 0.2) is 0 Å². The van der Waals surface area contributed by atoms with Gasteiger partial charge in [0.25, 0.3) is 5.91 Å². The first-order valence-electron chi connectivity index (χ1n) is 11.0. The number of hydrogen-bond acceptors (Lipinski definition) is 6. The van der Waals surface area contributed by atoms with E-state index in [2.05, 4.69) is 15.4 Å². The average molecular weight is 476 g/mol. The van der Waals surface area contributed by atoms with Gasteiger partial charge in [-0.15, -0.1) is 0 Å². The monoisotopic (exact) mass is 476 g/mol. The van der Waals surface area contributed by atoms with Crippen molar-refractivity contribution in [3.8, 4) is 11.3 Å². The van der Waals surface area contributed by atoms with Crippen LogP contribution in [0, 0.1) is 6.92 Å². The highest BCUT2D eigenvalue weighted by Crippen LogP contribution is 2.46. The van der Waals surface area contributed by atoms with Crippen molar-refractivity contribution in [2.45, 2.75) is 45.1 Å². The van der Waals surface area contributed by atoms with Crippen molar-refractivity contribution in [3.63, 3.8) is 0 Å². The van der Waals surface area contributed by atoms with Gasteiger partial charge in [0.2, 0.25) is 5.76 Å². The first-order valence-corrected chi connectivity index (χ1v) is 11.0. The minimum Gasteiger partial charge on any atom is -0.455 e. The lowest BCUT2D eigenvalue weighted by molar-refractivity contribution is -0.137. The molecular weight excluding hydrogens is 453 g/mol. The summed E-state index contributed by atoms with van der Waals surface area (Å²) in [6, 6.07) is 5.24. The van der Waals surface area contributed by atoms with Crippen molar-refractivity contribution in [1.82, 2.24) is 20.1 Å². The molecule has 0 radical (unpaired) electrons. The predicted octanol–water partition coefficient (Wildman–Crippen LogP) is 3.31. The fraction of sp³-hybridized carbons (Fsp3) is 0.435. The maximum absolute atomic E-state index is 14.2. The number of amides is 1. The molecule has 5 rings (SSSR count). The van der Waals surface area contributed by atoms with Gasteiger partial charge < -0.3 is 19.2 Å². The zero-order valence-electron chi connectivity index (χ0n) is 18.4. The van der Waals surface area contributed by atoms with Gasteiger partial charge in [-0.25, -0.2) is 0 Å². The molecule has 8 nitrogen and oxygen atoms in total. The molecule has 34 heavy (non-hydrogen) atoms. The van der Waals surface area contributed by atoms with E-state index < -0.39 is 23.4 Å². The predicted molar refractivity (Wildman–Crippen MR) is 113 cm³/mol. The third kappa shape index (κ3) is 4.45. The smallest absolute Gasteiger partial charge is 0.420 e. The highest BCUT2D eigenvalue weighted by molar-refractivity contribution is 5.96. The third-order valence-electron chi connectivity index (χ3n) is 5.82. The standard InChI is InChI=1S/C23H23F3N4O4/c1-13-3-2-4-15(28-13)9-27-22(31)21-19(23(24,25)26)18-17(34-21)6-5-14-10-30(29-20(14)18)11-16-12-32-7-8-33-16/h2-4,10,16H,5-9,11-12H2,1H3,(H,27,31)/t16-/m0/s1. The summed E-state index contributed by atoms with van der Waals surface area (Å²) in [7, 11) is 0. The lowest BCUT2D eigenvalue weighted by Gasteiger charge is -2.22. The third-order valence-corrected chi connectivity index (χ3v) is 5.82. The normalized spacial score (nSPS) is 17.8. The Labute approximate surface area is 193 Å². The minimum atomic E-state index is -4.80. The van der Waals surface area contributed by atoms with Crippen molar-refractivity contribution in [1.29, 1.82) is 0 Å². The van der Waals surface area contributed by atoms with Crippen LogP contribution in [-0.2, 0) is 41.6 Å². The summed E-state index contributed by atoms with van der Waals surface area (Å²) in [4.78, 5) is 17.0. The second kappa shape index (κ2) is 8.88. The number of aromatic nitrogens is 3. The number of nitrogens with one attached hydrogen (secondary N) is 1. The van der Waals surface area contributed by atoms with Crippen LogP contribution in [0.15, 0.2) is 28.8 Å². The van der Waals surface area contributed by atoms with Gasteiger partial charge in [0, 0.05) is 18.3 Å². The van der Waals surface area contributed by atoms with Crippen molar-refractivity contribution >= 4 is 5.91 Å². The molecule has 0 saturated carbocycles. The summed E-state index contributed by atoms with van der Waals surface area (Å²) in [6.45, 7) is 3.51. The molecule has 3 aromatic heterocycles. The molecule has 1 fully saturated rings. The number of ether oxygens (including phenoxy) is 2. The van der Waals surface area contributed by atoms with E-state index in [4.69, 9.17) is 13.9 Å². The fourth-order valence-electron chi connectivity index (χ4n) is 4.33. The molecule has 3 aromatic rings. The van der Waals surface area contributed by atoms with E-state index >= 15 is 0 Å². The molecule has 0 spiro atoms. The molecule has 180 valence electrons. The molecule has 4 heterocycles. The quantitative estimate of drug-likeness (QED) is 0.608. The van der Waals surface area contributed by atoms with Crippen LogP contribution in [0.3, 0.4) is 0 Å². The van der Waals surface area contributed by atoms with Gasteiger partial charge >= 0.3 is 6.18 Å². The topological polar surface area (TPSA) is 91.4 Å². The average Bonchev–Trinajstić information content (AvgIpc) is 3.39. The van der Waals surface area contributed by atoms with Gasteiger partial charge in [0.05, 0.1) is 49.9 Å². The Hall–Kier alpha value is -3.18. The number of rotatable bonds is 5. The second-order valence-electron chi connectivity index (χ2n) is 8.35. The van der Waals surface area contributed by atoms with E-state index in [1.165, 1.54) is 0 Å². The maximum Gasteiger partial charge on any atom is 0.420 e. The Morgan fingerprint density at radius 2 is 2.12 bits per heavy atom. The van der Waals surface area contributed by atoms with E-state index in [1.54, 1.807) is 36.0 Å². The molecule has 2 aliphatic rings.